The van der Waals surface area contributed by atoms with Crippen LogP contribution in [0.3, 0.4) is 0 Å². The zero-order valence-electron chi connectivity index (χ0n) is 51.8. The third-order valence-electron chi connectivity index (χ3n) is 16.0. The van der Waals surface area contributed by atoms with Gasteiger partial charge in [0.05, 0.1) is 6.61 Å². The van der Waals surface area contributed by atoms with Gasteiger partial charge in [-0.1, -0.05) is 240 Å². The van der Waals surface area contributed by atoms with Gasteiger partial charge in [-0.2, -0.15) is 0 Å². The number of rotatable bonds is 62. The van der Waals surface area contributed by atoms with Crippen LogP contribution in [0.2, 0.25) is 0 Å². The van der Waals surface area contributed by atoms with Crippen LogP contribution in [0.15, 0.2) is 9.59 Å². The quantitative estimate of drug-likeness (QED) is 0.0371. The van der Waals surface area contributed by atoms with E-state index in [0.717, 1.165) is 148 Å². The Bertz CT molecular complexity index is 1480. The topological polar surface area (TPSA) is 117 Å². The number of hydrogen-bond acceptors (Lipinski definition) is 10. The molecule has 0 amide bonds. The predicted octanol–water partition coefficient (Wildman–Crippen LogP) is 18.2. The largest absolute Gasteiger partial charge is 0.466 e. The van der Waals surface area contributed by atoms with Crippen LogP contribution in [0.4, 0.5) is 11.4 Å². The van der Waals surface area contributed by atoms with Crippen molar-refractivity contribution < 1.29 is 19.1 Å². The summed E-state index contributed by atoms with van der Waals surface area (Å²) in [5.41, 5.74) is 0.163. The van der Waals surface area contributed by atoms with Crippen LogP contribution in [-0.4, -0.2) is 86.8 Å². The van der Waals surface area contributed by atoms with E-state index in [4.69, 9.17) is 9.47 Å². The first-order chi connectivity index (χ1) is 37.8. The molecule has 2 N–H and O–H groups in total. The number of hydrogen-bond donors (Lipinski definition) is 2. The second kappa shape index (κ2) is 55.4. The number of carbonyl (C=O) groups is 2. The highest BCUT2D eigenvalue weighted by Gasteiger charge is 2.21. The Morgan fingerprint density at radius 2 is 0.662 bits per heavy atom. The van der Waals surface area contributed by atoms with E-state index in [-0.39, 0.29) is 23.5 Å². The lowest BCUT2D eigenvalue weighted by atomic mass is 10.0. The normalized spacial score (nSPS) is 11.7. The fourth-order valence-electron chi connectivity index (χ4n) is 10.9. The van der Waals surface area contributed by atoms with Gasteiger partial charge in [-0.15, -0.1) is 0 Å². The van der Waals surface area contributed by atoms with Gasteiger partial charge in [-0.25, -0.2) is 0 Å². The van der Waals surface area contributed by atoms with Gasteiger partial charge in [0.25, 0.3) is 10.9 Å². The molecule has 0 fully saturated rings. The molecule has 1 rings (SSSR count). The van der Waals surface area contributed by atoms with Crippen LogP contribution in [-0.2, 0) is 19.1 Å². The third-order valence-corrected chi connectivity index (χ3v) is 16.0. The fourth-order valence-corrected chi connectivity index (χ4v) is 10.9. The molecule has 0 aliphatic heterocycles. The van der Waals surface area contributed by atoms with Crippen LogP contribution in [0, 0.1) is 0 Å². The number of nitrogens with one attached hydrogen (secondary N) is 2. The van der Waals surface area contributed by atoms with Gasteiger partial charge in [0, 0.05) is 32.5 Å². The van der Waals surface area contributed by atoms with Crippen LogP contribution in [0.1, 0.15) is 330 Å². The van der Waals surface area contributed by atoms with Crippen LogP contribution >= 0.6 is 0 Å². The van der Waals surface area contributed by atoms with Gasteiger partial charge in [0.1, 0.15) is 17.5 Å². The van der Waals surface area contributed by atoms with Crippen molar-refractivity contribution in [2.45, 2.75) is 336 Å². The second-order valence-corrected chi connectivity index (χ2v) is 23.4. The first-order valence-electron chi connectivity index (χ1n) is 33.9. The van der Waals surface area contributed by atoms with Crippen LogP contribution in [0.25, 0.3) is 0 Å². The molecule has 77 heavy (non-hydrogen) atoms. The maximum absolute atomic E-state index is 13.0. The van der Waals surface area contributed by atoms with Crippen LogP contribution < -0.4 is 21.5 Å². The minimum atomic E-state index is -0.392. The Morgan fingerprint density at radius 3 is 1.08 bits per heavy atom. The number of ether oxygens (including phenoxy) is 2. The molecule has 1 aromatic rings. The summed E-state index contributed by atoms with van der Waals surface area (Å²) < 4.78 is 11.6. The van der Waals surface area contributed by atoms with Gasteiger partial charge in [0.2, 0.25) is 0 Å². The molecule has 1 aromatic carbocycles. The summed E-state index contributed by atoms with van der Waals surface area (Å²) in [6, 6.07) is 0. The Balaban J connectivity index is 2.65. The van der Waals surface area contributed by atoms with Crippen molar-refractivity contribution in [3.05, 3.63) is 20.4 Å². The molecule has 0 aliphatic carbocycles. The standard InChI is InChI=1S/C67H128N4O6/c1-6-11-16-21-26-37-46-60-76-62(72)50-40-31-27-35-42-54-70(55-43-36-28-32-41-51-63(73)77-61(48-38-29-22-17-12-7-2)49-39-30-23-18-13-8-3)58-47-52-68-64-65(67(75)66(64)74)69-53-59-71(56-44-33-24-19-14-9-4)57-45-34-25-20-15-10-5/h61,68-69H,6-60H2,1-5H3. The van der Waals surface area contributed by atoms with Crippen molar-refractivity contribution in [3.63, 3.8) is 0 Å². The number of carbonyl (C=O) groups excluding carboxylic acids is 2. The Morgan fingerprint density at radius 1 is 0.351 bits per heavy atom. The molecule has 0 saturated carbocycles. The summed E-state index contributed by atoms with van der Waals surface area (Å²) >= 11 is 0. The minimum Gasteiger partial charge on any atom is -0.466 e. The van der Waals surface area contributed by atoms with Crippen molar-refractivity contribution in [1.82, 2.24) is 9.80 Å². The summed E-state index contributed by atoms with van der Waals surface area (Å²) in [7, 11) is 0. The van der Waals surface area contributed by atoms with Crippen LogP contribution in [0.5, 0.6) is 0 Å². The van der Waals surface area contributed by atoms with E-state index in [1.807, 2.05) is 0 Å². The van der Waals surface area contributed by atoms with Crippen molar-refractivity contribution in [1.29, 1.82) is 0 Å². The van der Waals surface area contributed by atoms with Gasteiger partial charge >= 0.3 is 11.9 Å². The molecule has 0 spiro atoms. The molecule has 0 unspecified atom stereocenters. The smallest absolute Gasteiger partial charge is 0.306 e. The Kier molecular flexibility index (Phi) is 52.2. The fraction of sp³-hybridized carbons (Fsp3) is 0.910. The summed E-state index contributed by atoms with van der Waals surface area (Å²) in [5.74, 6) is -0.0424. The molecule has 0 saturated heterocycles. The van der Waals surface area contributed by atoms with E-state index < -0.39 is 5.43 Å². The monoisotopic (exact) mass is 1080 g/mol. The van der Waals surface area contributed by atoms with E-state index in [0.29, 0.717) is 43.9 Å². The maximum Gasteiger partial charge on any atom is 0.306 e. The highest BCUT2D eigenvalue weighted by atomic mass is 16.5. The summed E-state index contributed by atoms with van der Waals surface area (Å²) in [6.07, 6.45) is 54.0. The molecular formula is C67H128N4O6. The van der Waals surface area contributed by atoms with Gasteiger partial charge in [0.15, 0.2) is 0 Å². The molecule has 0 bridgehead atoms. The SMILES string of the molecule is CCCCCCCCCOC(=O)CCCCCCCN(CCCCCCCC(=O)OC(CCCCCCCC)CCCCCCCC)CCCNc1c(NCCN(CCCCCCCC)CCCCCCCC)c(=O)c1=O. The van der Waals surface area contributed by atoms with E-state index >= 15 is 0 Å². The molecule has 0 atom stereocenters. The molecule has 0 radical (unpaired) electrons. The molecule has 452 valence electrons. The van der Waals surface area contributed by atoms with Crippen molar-refractivity contribution >= 4 is 23.3 Å². The number of unbranched alkanes of at least 4 members (excludes halogenated alkanes) is 34. The van der Waals surface area contributed by atoms with Crippen molar-refractivity contribution in [2.75, 3.05) is 69.6 Å². The average molecular weight is 1090 g/mol. The lowest BCUT2D eigenvalue weighted by Gasteiger charge is -2.24. The van der Waals surface area contributed by atoms with E-state index in [9.17, 15) is 19.2 Å². The molecule has 10 nitrogen and oxygen atoms in total. The number of anilines is 2. The molecule has 0 aromatic heterocycles. The summed E-state index contributed by atoms with van der Waals surface area (Å²) in [4.78, 5) is 56.1. The molecular weight excluding hydrogens is 957 g/mol. The first-order valence-corrected chi connectivity index (χ1v) is 33.9. The van der Waals surface area contributed by atoms with Crippen molar-refractivity contribution in [3.8, 4) is 0 Å². The Labute approximate surface area is 476 Å². The molecule has 10 heteroatoms. The van der Waals surface area contributed by atoms with Crippen molar-refractivity contribution in [2.24, 2.45) is 0 Å². The average Bonchev–Trinajstić information content (AvgIpc) is 3.45. The highest BCUT2D eigenvalue weighted by Crippen LogP contribution is 2.20. The van der Waals surface area contributed by atoms with Gasteiger partial charge in [-0.05, 0) is 110 Å². The zero-order chi connectivity index (χ0) is 55.9. The highest BCUT2D eigenvalue weighted by molar-refractivity contribution is 5.74. The maximum atomic E-state index is 13.0. The summed E-state index contributed by atoms with van der Waals surface area (Å²) in [5, 5.41) is 6.74. The lowest BCUT2D eigenvalue weighted by Crippen LogP contribution is -2.39. The first kappa shape index (κ1) is 72.6. The third kappa shape index (κ3) is 44.0. The van der Waals surface area contributed by atoms with E-state index in [2.05, 4.69) is 55.1 Å². The second-order valence-electron chi connectivity index (χ2n) is 23.4. The minimum absolute atomic E-state index is 0.00127. The molecule has 0 aliphatic rings. The Hall–Kier alpha value is -2.46. The van der Waals surface area contributed by atoms with Gasteiger partial charge in [-0.3, -0.25) is 19.2 Å². The van der Waals surface area contributed by atoms with Gasteiger partial charge < -0.3 is 29.9 Å². The lowest BCUT2D eigenvalue weighted by molar-refractivity contribution is -0.150. The van der Waals surface area contributed by atoms with E-state index in [1.165, 1.54) is 173 Å². The predicted molar refractivity (Wildman–Crippen MR) is 333 cm³/mol. The zero-order valence-corrected chi connectivity index (χ0v) is 51.8. The molecule has 0 heterocycles. The summed E-state index contributed by atoms with van der Waals surface area (Å²) in [6.45, 7) is 19.3. The number of nitrogens with zero attached hydrogens (tertiary/aromatic N) is 2. The number of esters is 2. The van der Waals surface area contributed by atoms with E-state index in [1.54, 1.807) is 0 Å².